The highest BCUT2D eigenvalue weighted by Gasteiger charge is 2.41. The fraction of sp³-hybridized carbons (Fsp3) is 0.300. The van der Waals surface area contributed by atoms with Crippen molar-refractivity contribution in [1.82, 2.24) is 20.4 Å². The maximum atomic E-state index is 6.02. The Kier molecular flexibility index (Phi) is 4.08. The molecule has 7 heteroatoms. The standard InChI is InChI=1S/C10H11N5.2ClH/c11-10(3-4-10)9-2-1-8(14-15-9)7-5-12-13-6-7;;/h1-2,5-6H,3-4,11H2,(H,12,13);2*1H. The Labute approximate surface area is 111 Å². The van der Waals surface area contributed by atoms with Gasteiger partial charge in [0, 0.05) is 11.8 Å². The van der Waals surface area contributed by atoms with Gasteiger partial charge >= 0.3 is 0 Å². The summed E-state index contributed by atoms with van der Waals surface area (Å²) in [6.45, 7) is 0. The van der Waals surface area contributed by atoms with Gasteiger partial charge in [0.1, 0.15) is 0 Å². The van der Waals surface area contributed by atoms with Gasteiger partial charge in [-0.1, -0.05) is 0 Å². The van der Waals surface area contributed by atoms with Crippen molar-refractivity contribution in [3.8, 4) is 11.3 Å². The number of nitrogens with two attached hydrogens (primary N) is 1. The number of H-pyrrole nitrogens is 1. The second-order valence-electron chi connectivity index (χ2n) is 3.95. The Morgan fingerprint density at radius 3 is 2.41 bits per heavy atom. The van der Waals surface area contributed by atoms with Crippen LogP contribution in [0.4, 0.5) is 0 Å². The van der Waals surface area contributed by atoms with Crippen LogP contribution in [0.2, 0.25) is 0 Å². The van der Waals surface area contributed by atoms with Gasteiger partial charge in [-0.2, -0.15) is 15.3 Å². The highest BCUT2D eigenvalue weighted by Crippen LogP contribution is 2.41. The van der Waals surface area contributed by atoms with E-state index in [-0.39, 0.29) is 30.4 Å². The first-order valence-electron chi connectivity index (χ1n) is 4.90. The molecular formula is C10H13Cl2N5. The number of hydrogen-bond donors (Lipinski definition) is 2. The summed E-state index contributed by atoms with van der Waals surface area (Å²) in [6, 6.07) is 3.88. The molecule has 0 aliphatic heterocycles. The van der Waals surface area contributed by atoms with Gasteiger partial charge in [-0.15, -0.1) is 24.8 Å². The first-order valence-corrected chi connectivity index (χ1v) is 4.90. The van der Waals surface area contributed by atoms with Gasteiger partial charge in [0.2, 0.25) is 0 Å². The molecule has 1 saturated carbocycles. The van der Waals surface area contributed by atoms with Crippen LogP contribution >= 0.6 is 24.8 Å². The van der Waals surface area contributed by atoms with Crippen molar-refractivity contribution in [2.45, 2.75) is 18.4 Å². The maximum Gasteiger partial charge on any atom is 0.0961 e. The van der Waals surface area contributed by atoms with Gasteiger partial charge in [0.25, 0.3) is 0 Å². The molecule has 0 bridgehead atoms. The summed E-state index contributed by atoms with van der Waals surface area (Å²) >= 11 is 0. The number of halogens is 2. The van der Waals surface area contributed by atoms with Gasteiger partial charge < -0.3 is 5.73 Å². The third-order valence-corrected chi connectivity index (χ3v) is 2.76. The van der Waals surface area contributed by atoms with Crippen LogP contribution in [0.15, 0.2) is 24.5 Å². The second-order valence-corrected chi connectivity index (χ2v) is 3.95. The molecular weight excluding hydrogens is 261 g/mol. The lowest BCUT2D eigenvalue weighted by Crippen LogP contribution is -2.20. The van der Waals surface area contributed by atoms with E-state index >= 15 is 0 Å². The molecule has 0 aromatic carbocycles. The molecule has 1 aliphatic rings. The summed E-state index contributed by atoms with van der Waals surface area (Å²) < 4.78 is 0. The highest BCUT2D eigenvalue weighted by molar-refractivity contribution is 5.85. The van der Waals surface area contributed by atoms with Crippen LogP contribution in [0.5, 0.6) is 0 Å². The molecule has 0 atom stereocenters. The van der Waals surface area contributed by atoms with Crippen LogP contribution in [-0.4, -0.2) is 20.4 Å². The molecule has 0 unspecified atom stereocenters. The predicted octanol–water partition coefficient (Wildman–Crippen LogP) is 1.66. The minimum absolute atomic E-state index is 0. The quantitative estimate of drug-likeness (QED) is 0.872. The first kappa shape index (κ1) is 13.9. The highest BCUT2D eigenvalue weighted by atomic mass is 35.5. The summed E-state index contributed by atoms with van der Waals surface area (Å²) in [5.41, 5.74) is 8.45. The van der Waals surface area contributed by atoms with Crippen LogP contribution in [0.3, 0.4) is 0 Å². The Morgan fingerprint density at radius 1 is 1.18 bits per heavy atom. The van der Waals surface area contributed by atoms with Crippen LogP contribution in [0.25, 0.3) is 11.3 Å². The van der Waals surface area contributed by atoms with Crippen molar-refractivity contribution in [2.24, 2.45) is 5.73 Å². The van der Waals surface area contributed by atoms with Crippen LogP contribution < -0.4 is 5.73 Å². The third kappa shape index (κ3) is 2.57. The number of nitrogens with one attached hydrogen (secondary N) is 1. The number of nitrogens with zero attached hydrogens (tertiary/aromatic N) is 3. The fourth-order valence-corrected chi connectivity index (χ4v) is 1.53. The lowest BCUT2D eigenvalue weighted by Gasteiger charge is -2.06. The molecule has 3 N–H and O–H groups in total. The van der Waals surface area contributed by atoms with Crippen LogP contribution in [0, 0.1) is 0 Å². The van der Waals surface area contributed by atoms with E-state index in [1.165, 1.54) is 0 Å². The van der Waals surface area contributed by atoms with E-state index in [0.717, 1.165) is 29.8 Å². The molecule has 0 radical (unpaired) electrons. The average molecular weight is 274 g/mol. The number of rotatable bonds is 2. The third-order valence-electron chi connectivity index (χ3n) is 2.76. The van der Waals surface area contributed by atoms with Crippen LogP contribution in [-0.2, 0) is 5.54 Å². The molecule has 92 valence electrons. The fourth-order valence-electron chi connectivity index (χ4n) is 1.53. The van der Waals surface area contributed by atoms with Crippen molar-refractivity contribution in [2.75, 3.05) is 0 Å². The van der Waals surface area contributed by atoms with Crippen molar-refractivity contribution in [3.63, 3.8) is 0 Å². The molecule has 2 aromatic heterocycles. The van der Waals surface area contributed by atoms with E-state index in [2.05, 4.69) is 20.4 Å². The molecule has 17 heavy (non-hydrogen) atoms. The Bertz CT molecular complexity index is 464. The molecule has 1 aliphatic carbocycles. The lowest BCUT2D eigenvalue weighted by atomic mass is 10.1. The summed E-state index contributed by atoms with van der Waals surface area (Å²) in [5.74, 6) is 0. The van der Waals surface area contributed by atoms with Crippen molar-refractivity contribution in [1.29, 1.82) is 0 Å². The Hall–Kier alpha value is -1.17. The monoisotopic (exact) mass is 273 g/mol. The number of hydrogen-bond acceptors (Lipinski definition) is 4. The van der Waals surface area contributed by atoms with Gasteiger partial charge in [-0.05, 0) is 25.0 Å². The summed E-state index contributed by atoms with van der Waals surface area (Å²) in [6.07, 6.45) is 5.53. The molecule has 2 aromatic rings. The van der Waals surface area contributed by atoms with Gasteiger partial charge in [-0.25, -0.2) is 0 Å². The van der Waals surface area contributed by atoms with Crippen LogP contribution in [0.1, 0.15) is 18.5 Å². The van der Waals surface area contributed by atoms with Gasteiger partial charge in [-0.3, -0.25) is 5.10 Å². The summed E-state index contributed by atoms with van der Waals surface area (Å²) in [7, 11) is 0. The topological polar surface area (TPSA) is 80.5 Å². The minimum atomic E-state index is -0.206. The second kappa shape index (κ2) is 5.00. The van der Waals surface area contributed by atoms with Gasteiger partial charge in [0.05, 0.1) is 23.1 Å². The Balaban J connectivity index is 0.000000722. The SMILES string of the molecule is Cl.Cl.NC1(c2ccc(-c3cn[nH]c3)nn2)CC1. The van der Waals surface area contributed by atoms with Gasteiger partial charge in [0.15, 0.2) is 0 Å². The van der Waals surface area contributed by atoms with E-state index < -0.39 is 0 Å². The van der Waals surface area contributed by atoms with Crippen molar-refractivity contribution in [3.05, 3.63) is 30.2 Å². The number of aromatic amines is 1. The molecule has 0 amide bonds. The minimum Gasteiger partial charge on any atom is -0.320 e. The zero-order valence-corrected chi connectivity index (χ0v) is 10.6. The normalized spacial score (nSPS) is 15.6. The molecule has 3 rings (SSSR count). The lowest BCUT2D eigenvalue weighted by molar-refractivity contribution is 0.688. The largest absolute Gasteiger partial charge is 0.320 e. The smallest absolute Gasteiger partial charge is 0.0961 e. The molecule has 0 saturated heterocycles. The van der Waals surface area contributed by atoms with E-state index in [4.69, 9.17) is 5.73 Å². The molecule has 0 spiro atoms. The number of aromatic nitrogens is 4. The first-order chi connectivity index (χ1) is 7.28. The van der Waals surface area contributed by atoms with Crippen molar-refractivity contribution < 1.29 is 0 Å². The van der Waals surface area contributed by atoms with E-state index in [1.54, 1.807) is 12.4 Å². The Morgan fingerprint density at radius 2 is 1.94 bits per heavy atom. The summed E-state index contributed by atoms with van der Waals surface area (Å²) in [5, 5.41) is 14.9. The van der Waals surface area contributed by atoms with E-state index in [0.29, 0.717) is 0 Å². The average Bonchev–Trinajstić information content (AvgIpc) is 2.84. The zero-order valence-electron chi connectivity index (χ0n) is 8.96. The van der Waals surface area contributed by atoms with E-state index in [9.17, 15) is 0 Å². The summed E-state index contributed by atoms with van der Waals surface area (Å²) in [4.78, 5) is 0. The molecule has 2 heterocycles. The zero-order chi connectivity index (χ0) is 10.3. The predicted molar refractivity (Wildman–Crippen MR) is 69.2 cm³/mol. The van der Waals surface area contributed by atoms with E-state index in [1.807, 2.05) is 12.1 Å². The maximum absolute atomic E-state index is 6.02. The van der Waals surface area contributed by atoms with Crippen molar-refractivity contribution >= 4 is 24.8 Å². The molecule has 5 nitrogen and oxygen atoms in total. The molecule has 1 fully saturated rings.